The van der Waals surface area contributed by atoms with Crippen LogP contribution in [0.15, 0.2) is 71.6 Å². The predicted molar refractivity (Wildman–Crippen MR) is 116 cm³/mol. The van der Waals surface area contributed by atoms with Crippen molar-refractivity contribution in [2.45, 2.75) is 45.4 Å². The first kappa shape index (κ1) is 18.4. The normalized spacial score (nSPS) is 19.4. The van der Waals surface area contributed by atoms with Gasteiger partial charge in [0.1, 0.15) is 0 Å². The summed E-state index contributed by atoms with van der Waals surface area (Å²) in [7, 11) is -2.87. The van der Waals surface area contributed by atoms with E-state index in [1.165, 1.54) is 30.1 Å². The van der Waals surface area contributed by atoms with Gasteiger partial charge in [0.05, 0.1) is 0 Å². The lowest BCUT2D eigenvalue weighted by atomic mass is 9.94. The molecule has 2 aliphatic rings. The summed E-state index contributed by atoms with van der Waals surface area (Å²) in [4.78, 5) is 0. The average Bonchev–Trinajstić information content (AvgIpc) is 3.08. The largest absolute Gasteiger partial charge is 0.302 e. The Kier molecular flexibility index (Phi) is 5.41. The van der Waals surface area contributed by atoms with Crippen LogP contribution >= 0.6 is 7.44 Å². The summed E-state index contributed by atoms with van der Waals surface area (Å²) in [5, 5.41) is 1.20. The van der Waals surface area contributed by atoms with Gasteiger partial charge in [-0.1, -0.05) is 55.3 Å². The zero-order valence-corrected chi connectivity index (χ0v) is 17.1. The summed E-state index contributed by atoms with van der Waals surface area (Å²) >= 11 is 0. The average molecular weight is 380 g/mol. The van der Waals surface area contributed by atoms with E-state index in [1.807, 2.05) is 36.4 Å². The lowest BCUT2D eigenvalue weighted by Gasteiger charge is -2.36. The first-order chi connectivity index (χ1) is 13.2. The van der Waals surface area contributed by atoms with Gasteiger partial charge in [0, 0.05) is 29.8 Å². The van der Waals surface area contributed by atoms with Crippen molar-refractivity contribution in [1.29, 1.82) is 0 Å². The molecule has 3 nitrogen and oxygen atoms in total. The summed E-state index contributed by atoms with van der Waals surface area (Å²) in [6, 6.07) is 20.6. The molecular weight excluding hydrogens is 351 g/mol. The van der Waals surface area contributed by atoms with Crippen LogP contribution in [-0.2, 0) is 4.57 Å². The second kappa shape index (κ2) is 7.94. The molecule has 1 saturated carbocycles. The fourth-order valence-corrected chi connectivity index (χ4v) is 8.09. The number of anilines is 2. The Morgan fingerprint density at radius 2 is 1.30 bits per heavy atom. The van der Waals surface area contributed by atoms with Gasteiger partial charge in [0.15, 0.2) is 0 Å². The third-order valence-corrected chi connectivity index (χ3v) is 9.34. The highest BCUT2D eigenvalue weighted by molar-refractivity contribution is 7.71. The molecule has 1 heterocycles. The van der Waals surface area contributed by atoms with Crippen LogP contribution in [0, 0.1) is 0 Å². The fraction of sp³-hybridized carbons (Fsp3) is 0.391. The number of para-hydroxylation sites is 2. The second-order valence-corrected chi connectivity index (χ2v) is 10.0. The maximum Gasteiger partial charge on any atom is 0.288 e. The van der Waals surface area contributed by atoms with Crippen molar-refractivity contribution in [2.75, 3.05) is 22.4 Å². The van der Waals surface area contributed by atoms with Gasteiger partial charge in [0.2, 0.25) is 0 Å². The first-order valence-corrected chi connectivity index (χ1v) is 11.8. The van der Waals surface area contributed by atoms with E-state index in [0.717, 1.165) is 43.7 Å². The topological polar surface area (TPSA) is 23.6 Å². The quantitative estimate of drug-likeness (QED) is 0.543. The lowest BCUT2D eigenvalue weighted by Crippen LogP contribution is -2.21. The van der Waals surface area contributed by atoms with Crippen molar-refractivity contribution in [1.82, 2.24) is 0 Å². The Balaban J connectivity index is 1.86. The molecule has 4 heteroatoms. The molecule has 0 spiro atoms. The summed E-state index contributed by atoms with van der Waals surface area (Å²) in [5.41, 5.74) is 3.60. The number of nitrogens with zero attached hydrogens (tertiary/aromatic N) is 2. The van der Waals surface area contributed by atoms with E-state index in [2.05, 4.69) is 40.5 Å². The van der Waals surface area contributed by atoms with Crippen molar-refractivity contribution in [3.8, 4) is 0 Å². The number of benzene rings is 2. The molecule has 1 aliphatic carbocycles. The van der Waals surface area contributed by atoms with Gasteiger partial charge < -0.3 is 9.34 Å². The summed E-state index contributed by atoms with van der Waals surface area (Å²) in [6.45, 7) is 3.78. The Bertz CT molecular complexity index is 788. The van der Waals surface area contributed by atoms with Crippen molar-refractivity contribution in [3.63, 3.8) is 0 Å². The minimum Gasteiger partial charge on any atom is -0.302 e. The number of hydrogen-bond donors (Lipinski definition) is 0. The SMILES string of the molecule is CCC(=C1CCCCC1)P1(=O)N(c2ccccc2)CCN1c1ccccc1. The van der Waals surface area contributed by atoms with Gasteiger partial charge in [-0.3, -0.25) is 4.57 Å². The van der Waals surface area contributed by atoms with E-state index in [9.17, 15) is 4.57 Å². The predicted octanol–water partition coefficient (Wildman–Crippen LogP) is 6.83. The van der Waals surface area contributed by atoms with Crippen molar-refractivity contribution >= 4 is 18.8 Å². The molecular formula is C23H29N2OP. The lowest BCUT2D eigenvalue weighted by molar-refractivity contribution is 0.571. The molecule has 0 unspecified atom stereocenters. The van der Waals surface area contributed by atoms with Gasteiger partial charge >= 0.3 is 0 Å². The number of allylic oxidation sites excluding steroid dienone is 2. The van der Waals surface area contributed by atoms with Crippen LogP contribution in [0.3, 0.4) is 0 Å². The highest BCUT2D eigenvalue weighted by Gasteiger charge is 2.46. The molecule has 0 radical (unpaired) electrons. The zero-order valence-electron chi connectivity index (χ0n) is 16.2. The van der Waals surface area contributed by atoms with Gasteiger partial charge in [-0.15, -0.1) is 0 Å². The highest BCUT2D eigenvalue weighted by atomic mass is 31.2. The molecule has 0 amide bonds. The molecule has 142 valence electrons. The van der Waals surface area contributed by atoms with Crippen LogP contribution in [0.25, 0.3) is 0 Å². The molecule has 2 aromatic carbocycles. The number of rotatable bonds is 4. The van der Waals surface area contributed by atoms with Crippen LogP contribution < -0.4 is 9.34 Å². The van der Waals surface area contributed by atoms with E-state index in [0.29, 0.717) is 0 Å². The van der Waals surface area contributed by atoms with Gasteiger partial charge in [-0.2, -0.15) is 0 Å². The Morgan fingerprint density at radius 3 is 1.74 bits per heavy atom. The fourth-order valence-electron chi connectivity index (χ4n) is 4.58. The van der Waals surface area contributed by atoms with E-state index >= 15 is 0 Å². The molecule has 2 aromatic rings. The highest BCUT2D eigenvalue weighted by Crippen LogP contribution is 2.67. The van der Waals surface area contributed by atoms with Crippen LogP contribution in [0.2, 0.25) is 0 Å². The van der Waals surface area contributed by atoms with E-state index in [4.69, 9.17) is 0 Å². The minimum absolute atomic E-state index is 0.799. The van der Waals surface area contributed by atoms with Crippen LogP contribution in [-0.4, -0.2) is 13.1 Å². The maximum atomic E-state index is 14.9. The maximum absolute atomic E-state index is 14.9. The molecule has 27 heavy (non-hydrogen) atoms. The van der Waals surface area contributed by atoms with Gasteiger partial charge in [-0.25, -0.2) is 0 Å². The summed E-state index contributed by atoms with van der Waals surface area (Å²) < 4.78 is 19.3. The van der Waals surface area contributed by atoms with Gasteiger partial charge in [0.25, 0.3) is 7.44 Å². The molecule has 0 bridgehead atoms. The molecule has 2 fully saturated rings. The molecule has 0 atom stereocenters. The number of hydrogen-bond acceptors (Lipinski definition) is 1. The Hall–Kier alpha value is -1.99. The Labute approximate surface area is 163 Å². The molecule has 0 N–H and O–H groups in total. The van der Waals surface area contributed by atoms with Crippen molar-refractivity contribution in [3.05, 3.63) is 71.6 Å². The van der Waals surface area contributed by atoms with Crippen LogP contribution in [0.1, 0.15) is 45.4 Å². The molecule has 4 rings (SSSR count). The van der Waals surface area contributed by atoms with E-state index < -0.39 is 7.44 Å². The summed E-state index contributed by atoms with van der Waals surface area (Å²) in [6.07, 6.45) is 6.84. The van der Waals surface area contributed by atoms with Crippen molar-refractivity contribution < 1.29 is 4.57 Å². The van der Waals surface area contributed by atoms with Crippen LogP contribution in [0.5, 0.6) is 0 Å². The molecule has 1 aliphatic heterocycles. The van der Waals surface area contributed by atoms with Gasteiger partial charge in [-0.05, 0) is 56.4 Å². The molecule has 0 aromatic heterocycles. The smallest absolute Gasteiger partial charge is 0.288 e. The van der Waals surface area contributed by atoms with Crippen molar-refractivity contribution in [2.24, 2.45) is 0 Å². The Morgan fingerprint density at radius 1 is 0.815 bits per heavy atom. The monoisotopic (exact) mass is 380 g/mol. The second-order valence-electron chi connectivity index (χ2n) is 7.43. The summed E-state index contributed by atoms with van der Waals surface area (Å²) in [5.74, 6) is 0. The molecule has 1 saturated heterocycles. The van der Waals surface area contributed by atoms with Crippen LogP contribution in [0.4, 0.5) is 11.4 Å². The van der Waals surface area contributed by atoms with E-state index in [-0.39, 0.29) is 0 Å². The third kappa shape index (κ3) is 3.34. The van der Waals surface area contributed by atoms with E-state index in [1.54, 1.807) is 0 Å². The first-order valence-electron chi connectivity index (χ1n) is 10.2. The third-order valence-electron chi connectivity index (χ3n) is 5.84. The minimum atomic E-state index is -2.87. The standard InChI is InChI=1S/C23H29N2OP/c1-2-23(20-12-6-3-7-13-20)27(26)24(21-14-8-4-9-15-21)18-19-25(27)22-16-10-5-11-17-22/h4-5,8-11,14-17H,2-3,6-7,12-13,18-19H2,1H3. The zero-order chi connectivity index (χ0) is 18.7.